The largest absolute Gasteiger partial charge is 0.494 e. The van der Waals surface area contributed by atoms with Crippen LogP contribution in [0.3, 0.4) is 0 Å². The summed E-state index contributed by atoms with van der Waals surface area (Å²) >= 11 is 5.13. The van der Waals surface area contributed by atoms with Gasteiger partial charge in [-0.05, 0) is 67.0 Å². The lowest BCUT2D eigenvalue weighted by atomic mass is 10.1. The maximum absolute atomic E-state index is 11.8. The van der Waals surface area contributed by atoms with Crippen LogP contribution in [0, 0.1) is 5.92 Å². The van der Waals surface area contributed by atoms with Gasteiger partial charge in [-0.3, -0.25) is 10.1 Å². The standard InChI is InChI=1S/C19H22N2O3S/c1-14(2)11-13-24-17-7-5-15(6-8-17)20-19(25)21-18(22)10-9-16-4-3-12-23-16/h3-10,12,14H,11,13H2,1-2H3,(H2,20,21,22,25). The van der Waals surface area contributed by atoms with Gasteiger partial charge >= 0.3 is 0 Å². The summed E-state index contributed by atoms with van der Waals surface area (Å²) < 4.78 is 10.8. The normalized spacial score (nSPS) is 10.8. The zero-order valence-electron chi connectivity index (χ0n) is 14.3. The summed E-state index contributed by atoms with van der Waals surface area (Å²) in [5.74, 6) is 1.69. The molecule has 0 aliphatic carbocycles. The summed E-state index contributed by atoms with van der Waals surface area (Å²) in [7, 11) is 0. The molecule has 132 valence electrons. The number of thiocarbonyl (C=S) groups is 1. The second-order valence-corrected chi connectivity index (χ2v) is 6.26. The topological polar surface area (TPSA) is 63.5 Å². The van der Waals surface area contributed by atoms with Gasteiger partial charge in [-0.15, -0.1) is 0 Å². The zero-order chi connectivity index (χ0) is 18.1. The van der Waals surface area contributed by atoms with Gasteiger partial charge in [0.05, 0.1) is 12.9 Å². The first-order valence-electron chi connectivity index (χ1n) is 8.09. The van der Waals surface area contributed by atoms with Crippen LogP contribution in [0.5, 0.6) is 5.75 Å². The second kappa shape index (κ2) is 9.64. The molecule has 1 aromatic heterocycles. The highest BCUT2D eigenvalue weighted by molar-refractivity contribution is 7.80. The third-order valence-electron chi connectivity index (χ3n) is 3.26. The van der Waals surface area contributed by atoms with E-state index in [1.165, 1.54) is 6.08 Å². The molecular weight excluding hydrogens is 336 g/mol. The summed E-state index contributed by atoms with van der Waals surface area (Å²) in [4.78, 5) is 11.8. The van der Waals surface area contributed by atoms with E-state index in [1.807, 2.05) is 24.3 Å². The lowest BCUT2D eigenvalue weighted by Gasteiger charge is -2.10. The van der Waals surface area contributed by atoms with Crippen molar-refractivity contribution in [3.05, 3.63) is 54.5 Å². The van der Waals surface area contributed by atoms with Gasteiger partial charge in [0.15, 0.2) is 5.11 Å². The Morgan fingerprint density at radius 2 is 2.04 bits per heavy atom. The number of amides is 1. The molecule has 0 unspecified atom stereocenters. The molecule has 25 heavy (non-hydrogen) atoms. The van der Waals surface area contributed by atoms with Gasteiger partial charge in [0.2, 0.25) is 5.91 Å². The number of benzene rings is 1. The van der Waals surface area contributed by atoms with Gasteiger partial charge in [0.25, 0.3) is 0 Å². The molecule has 2 N–H and O–H groups in total. The molecule has 2 rings (SSSR count). The van der Waals surface area contributed by atoms with Gasteiger partial charge in [-0.25, -0.2) is 0 Å². The molecule has 1 amide bonds. The molecule has 0 aliphatic rings. The van der Waals surface area contributed by atoms with Gasteiger partial charge in [0, 0.05) is 11.8 Å². The highest BCUT2D eigenvalue weighted by Crippen LogP contribution is 2.16. The molecule has 6 heteroatoms. The van der Waals surface area contributed by atoms with Crippen molar-refractivity contribution in [3.8, 4) is 5.75 Å². The fourth-order valence-electron chi connectivity index (χ4n) is 1.91. The minimum absolute atomic E-state index is 0.225. The van der Waals surface area contributed by atoms with E-state index in [0.29, 0.717) is 18.3 Å². The molecule has 0 saturated carbocycles. The van der Waals surface area contributed by atoms with E-state index in [-0.39, 0.29) is 11.0 Å². The molecule has 0 fully saturated rings. The summed E-state index contributed by atoms with van der Waals surface area (Å²) in [6.45, 7) is 5.02. The van der Waals surface area contributed by atoms with Crippen molar-refractivity contribution in [2.75, 3.05) is 11.9 Å². The van der Waals surface area contributed by atoms with Crippen molar-refractivity contribution in [2.24, 2.45) is 5.92 Å². The fourth-order valence-corrected chi connectivity index (χ4v) is 2.13. The monoisotopic (exact) mass is 358 g/mol. The second-order valence-electron chi connectivity index (χ2n) is 5.85. The molecule has 0 spiro atoms. The molecule has 0 bridgehead atoms. The summed E-state index contributed by atoms with van der Waals surface area (Å²) in [5.41, 5.74) is 0.775. The van der Waals surface area contributed by atoms with Gasteiger partial charge in [-0.1, -0.05) is 13.8 Å². The Bertz CT molecular complexity index is 707. The average Bonchev–Trinajstić information content (AvgIpc) is 3.07. The van der Waals surface area contributed by atoms with Crippen LogP contribution in [0.1, 0.15) is 26.0 Å². The number of furan rings is 1. The smallest absolute Gasteiger partial charge is 0.250 e. The minimum Gasteiger partial charge on any atom is -0.494 e. The lowest BCUT2D eigenvalue weighted by molar-refractivity contribution is -0.115. The first-order valence-corrected chi connectivity index (χ1v) is 8.50. The van der Waals surface area contributed by atoms with E-state index < -0.39 is 0 Å². The molecule has 5 nitrogen and oxygen atoms in total. The van der Waals surface area contributed by atoms with Crippen LogP contribution in [0.2, 0.25) is 0 Å². The maximum atomic E-state index is 11.8. The van der Waals surface area contributed by atoms with E-state index in [4.69, 9.17) is 21.4 Å². The van der Waals surface area contributed by atoms with Crippen LogP contribution in [0.25, 0.3) is 6.08 Å². The number of hydrogen-bond acceptors (Lipinski definition) is 4. The van der Waals surface area contributed by atoms with Crippen molar-refractivity contribution in [1.29, 1.82) is 0 Å². The van der Waals surface area contributed by atoms with Crippen molar-refractivity contribution >= 4 is 35.0 Å². The maximum Gasteiger partial charge on any atom is 0.250 e. The Hall–Kier alpha value is -2.60. The Morgan fingerprint density at radius 1 is 1.28 bits per heavy atom. The quantitative estimate of drug-likeness (QED) is 0.573. The predicted molar refractivity (Wildman–Crippen MR) is 103 cm³/mol. The summed E-state index contributed by atoms with van der Waals surface area (Å²) in [5, 5.41) is 5.75. The lowest BCUT2D eigenvalue weighted by Crippen LogP contribution is -2.32. The van der Waals surface area contributed by atoms with E-state index in [9.17, 15) is 4.79 Å². The van der Waals surface area contributed by atoms with Crippen molar-refractivity contribution < 1.29 is 13.9 Å². The van der Waals surface area contributed by atoms with E-state index in [1.54, 1.807) is 24.5 Å². The number of ether oxygens (including phenoxy) is 1. The fraction of sp³-hybridized carbons (Fsp3) is 0.263. The first kappa shape index (κ1) is 18.7. The van der Waals surface area contributed by atoms with E-state index >= 15 is 0 Å². The molecule has 0 radical (unpaired) electrons. The third kappa shape index (κ3) is 7.22. The Kier molecular flexibility index (Phi) is 7.22. The molecular formula is C19H22N2O3S. The number of nitrogens with one attached hydrogen (secondary N) is 2. The van der Waals surface area contributed by atoms with Crippen LogP contribution < -0.4 is 15.4 Å². The van der Waals surface area contributed by atoms with E-state index in [2.05, 4.69) is 24.5 Å². The number of rotatable bonds is 7. The molecule has 1 aromatic carbocycles. The van der Waals surface area contributed by atoms with Gasteiger partial charge in [-0.2, -0.15) is 0 Å². The van der Waals surface area contributed by atoms with Crippen LogP contribution in [0.4, 0.5) is 5.69 Å². The number of hydrogen-bond donors (Lipinski definition) is 2. The van der Waals surface area contributed by atoms with E-state index in [0.717, 1.165) is 17.9 Å². The Balaban J connectivity index is 1.77. The highest BCUT2D eigenvalue weighted by Gasteiger charge is 2.03. The molecule has 0 atom stereocenters. The summed E-state index contributed by atoms with van der Waals surface area (Å²) in [6.07, 6.45) is 5.49. The van der Waals surface area contributed by atoms with Crippen molar-refractivity contribution in [1.82, 2.24) is 5.32 Å². The molecule has 1 heterocycles. The van der Waals surface area contributed by atoms with Crippen LogP contribution in [-0.2, 0) is 4.79 Å². The Labute approximate surface area is 153 Å². The number of anilines is 1. The predicted octanol–water partition coefficient (Wildman–Crippen LogP) is 4.23. The van der Waals surface area contributed by atoms with Crippen molar-refractivity contribution in [3.63, 3.8) is 0 Å². The number of carbonyl (C=O) groups is 1. The van der Waals surface area contributed by atoms with Gasteiger partial charge in [0.1, 0.15) is 11.5 Å². The minimum atomic E-state index is -0.331. The molecule has 0 aliphatic heterocycles. The molecule has 2 aromatic rings. The first-order chi connectivity index (χ1) is 12.0. The van der Waals surface area contributed by atoms with Crippen LogP contribution in [-0.4, -0.2) is 17.6 Å². The highest BCUT2D eigenvalue weighted by atomic mass is 32.1. The number of carbonyl (C=O) groups excluding carboxylic acids is 1. The average molecular weight is 358 g/mol. The zero-order valence-corrected chi connectivity index (χ0v) is 15.1. The van der Waals surface area contributed by atoms with Crippen LogP contribution in [0.15, 0.2) is 53.2 Å². The summed E-state index contributed by atoms with van der Waals surface area (Å²) in [6, 6.07) is 10.9. The molecule has 0 saturated heterocycles. The SMILES string of the molecule is CC(C)CCOc1ccc(NC(=S)NC(=O)C=Cc2ccco2)cc1. The Morgan fingerprint density at radius 3 is 2.68 bits per heavy atom. The van der Waals surface area contributed by atoms with Crippen LogP contribution >= 0.6 is 12.2 Å². The van der Waals surface area contributed by atoms with Crippen molar-refractivity contribution in [2.45, 2.75) is 20.3 Å². The van der Waals surface area contributed by atoms with Gasteiger partial charge < -0.3 is 14.5 Å². The third-order valence-corrected chi connectivity index (χ3v) is 3.46.